The molecule has 1 unspecified atom stereocenters. The molecule has 1 saturated heterocycles. The Labute approximate surface area is 213 Å². The number of hydrazone groups is 1. The fraction of sp³-hybridized carbons (Fsp3) is 0.360. The van der Waals surface area contributed by atoms with E-state index in [1.54, 1.807) is 27.9 Å². The highest BCUT2D eigenvalue weighted by Gasteiger charge is 2.27. The summed E-state index contributed by atoms with van der Waals surface area (Å²) >= 11 is 0. The molecule has 4 rings (SSSR count). The standard InChI is InChI=1S/C25H26FN9O2/c1-16(32-20-5-7-34(15-28)8-6-20)24(33-29)17-9-22(25-18(10-27)11-31-35(25)13-17)37-23(14-36-2)21-4-3-19(26)12-30-21/h3-4,9,11-13,20,23H,5-8,14H2,1-2H3,(H2,29,32)/p+1. The number of aliphatic imine (C=N–C) groups is 1. The topological polar surface area (TPSA) is 153 Å². The molecule has 0 bridgehead atoms. The van der Waals surface area contributed by atoms with Gasteiger partial charge in [0.1, 0.15) is 17.6 Å². The number of fused-ring (bicyclic) bond motifs is 1. The van der Waals surface area contributed by atoms with Crippen molar-refractivity contribution in [2.45, 2.75) is 31.9 Å². The largest absolute Gasteiger partial charge is 0.475 e. The molecule has 11 nitrogen and oxygen atoms in total. The Morgan fingerprint density at radius 3 is 2.78 bits per heavy atom. The van der Waals surface area contributed by atoms with Gasteiger partial charge in [-0.15, -0.1) is 0 Å². The van der Waals surface area contributed by atoms with Crippen LogP contribution < -0.4 is 15.1 Å². The van der Waals surface area contributed by atoms with E-state index in [2.05, 4.69) is 27.4 Å². The molecule has 3 aromatic rings. The summed E-state index contributed by atoms with van der Waals surface area (Å²) in [5, 5.41) is 25.8. The van der Waals surface area contributed by atoms with Gasteiger partial charge >= 0.3 is 0 Å². The highest BCUT2D eigenvalue weighted by Crippen LogP contribution is 2.28. The number of pyridine rings is 2. The second-order valence-electron chi connectivity index (χ2n) is 8.58. The van der Waals surface area contributed by atoms with Gasteiger partial charge in [0.25, 0.3) is 5.52 Å². The number of hydrogen-bond donors (Lipinski definition) is 2. The summed E-state index contributed by atoms with van der Waals surface area (Å²) in [6.07, 6.45) is 7.45. The van der Waals surface area contributed by atoms with Gasteiger partial charge in [0, 0.05) is 26.3 Å². The minimum absolute atomic E-state index is 0.0553. The molecule has 37 heavy (non-hydrogen) atoms. The molecule has 1 fully saturated rings. The van der Waals surface area contributed by atoms with Crippen molar-refractivity contribution in [3.63, 3.8) is 0 Å². The summed E-state index contributed by atoms with van der Waals surface area (Å²) in [4.78, 5) is 10.7. The zero-order valence-corrected chi connectivity index (χ0v) is 20.6. The number of nitriles is 2. The zero-order chi connectivity index (χ0) is 26.4. The first-order valence-corrected chi connectivity index (χ1v) is 11.7. The lowest BCUT2D eigenvalue weighted by Gasteiger charge is -2.26. The Bertz CT molecular complexity index is 1390. The van der Waals surface area contributed by atoms with Gasteiger partial charge in [-0.1, -0.05) is 4.52 Å². The quantitative estimate of drug-likeness (QED) is 0.156. The van der Waals surface area contributed by atoms with Crippen LogP contribution in [0.3, 0.4) is 0 Å². The number of nitrogens with zero attached hydrogens (tertiary/aromatic N) is 7. The number of ether oxygens (including phenoxy) is 2. The third-order valence-electron chi connectivity index (χ3n) is 6.15. The molecule has 4 heterocycles. The predicted molar refractivity (Wildman–Crippen MR) is 132 cm³/mol. The molecule has 0 amide bonds. The molecule has 0 aliphatic carbocycles. The van der Waals surface area contributed by atoms with Gasteiger partial charge in [-0.05, 0) is 31.9 Å². The Balaban J connectivity index is 1.72. The predicted octanol–water partition coefficient (Wildman–Crippen LogP) is 1.99. The van der Waals surface area contributed by atoms with E-state index in [1.807, 2.05) is 6.92 Å². The van der Waals surface area contributed by atoms with Gasteiger partial charge in [-0.3, -0.25) is 9.98 Å². The zero-order valence-electron chi connectivity index (χ0n) is 20.6. The fourth-order valence-corrected chi connectivity index (χ4v) is 4.31. The number of aromatic amines is 1. The van der Waals surface area contributed by atoms with E-state index in [9.17, 15) is 9.65 Å². The van der Waals surface area contributed by atoms with Gasteiger partial charge in [-0.25, -0.2) is 4.39 Å². The maximum Gasteiger partial charge on any atom is 0.296 e. The number of methoxy groups -OCH3 is 1. The minimum atomic E-state index is -0.676. The van der Waals surface area contributed by atoms with Crippen molar-refractivity contribution in [2.75, 3.05) is 26.8 Å². The molecule has 3 N–H and O–H groups in total. The van der Waals surface area contributed by atoms with E-state index in [0.29, 0.717) is 52.6 Å². The van der Waals surface area contributed by atoms with Crippen molar-refractivity contribution in [2.24, 2.45) is 15.9 Å². The summed E-state index contributed by atoms with van der Waals surface area (Å²) in [6, 6.07) is 6.77. The highest BCUT2D eigenvalue weighted by molar-refractivity contribution is 6.47. The SMILES string of the molecule is COCC(Oc1cc(/C(=N/N)C(C)=NC2CCN(C#N)CC2)c[n+]2[nH]cc(C#N)c12)c1ccc(F)cn1. The average molecular weight is 505 g/mol. The molecule has 0 radical (unpaired) electrons. The third kappa shape index (κ3) is 5.66. The number of halogens is 1. The Morgan fingerprint density at radius 1 is 1.38 bits per heavy atom. The van der Waals surface area contributed by atoms with Crippen molar-refractivity contribution in [3.8, 4) is 18.0 Å². The number of nitrogens with one attached hydrogen (secondary N) is 1. The average Bonchev–Trinajstić information content (AvgIpc) is 3.33. The van der Waals surface area contributed by atoms with Gasteiger partial charge in [0.05, 0.1) is 42.0 Å². The number of likely N-dealkylation sites (tertiary alicyclic amines) is 1. The first-order valence-electron chi connectivity index (χ1n) is 11.7. The van der Waals surface area contributed by atoms with Crippen LogP contribution in [0.15, 0.2) is 46.9 Å². The van der Waals surface area contributed by atoms with Crippen molar-refractivity contribution < 1.29 is 18.4 Å². The van der Waals surface area contributed by atoms with Crippen LogP contribution >= 0.6 is 0 Å². The van der Waals surface area contributed by atoms with E-state index in [4.69, 9.17) is 25.6 Å². The number of hydrogen-bond acceptors (Lipinski definition) is 9. The van der Waals surface area contributed by atoms with Crippen LogP contribution in [-0.4, -0.2) is 59.3 Å². The molecular formula is C25H27FN9O2+. The summed E-state index contributed by atoms with van der Waals surface area (Å²) in [5.74, 6) is 5.71. The minimum Gasteiger partial charge on any atom is -0.475 e. The van der Waals surface area contributed by atoms with E-state index in [-0.39, 0.29) is 12.6 Å². The van der Waals surface area contributed by atoms with Gasteiger partial charge in [0.2, 0.25) is 6.20 Å². The maximum absolute atomic E-state index is 13.5. The Morgan fingerprint density at radius 2 is 2.16 bits per heavy atom. The highest BCUT2D eigenvalue weighted by atomic mass is 19.1. The second-order valence-corrected chi connectivity index (χ2v) is 8.58. The van der Waals surface area contributed by atoms with Crippen LogP contribution in [-0.2, 0) is 4.74 Å². The number of H-pyrrole nitrogens is 1. The lowest BCUT2D eigenvalue weighted by atomic mass is 10.0. The molecule has 1 aliphatic rings. The number of rotatable bonds is 8. The van der Waals surface area contributed by atoms with Gasteiger partial charge in [0.15, 0.2) is 23.6 Å². The van der Waals surface area contributed by atoms with Gasteiger partial charge < -0.3 is 20.2 Å². The third-order valence-corrected chi connectivity index (χ3v) is 6.15. The van der Waals surface area contributed by atoms with Crippen LogP contribution in [0, 0.1) is 28.6 Å². The molecule has 0 aromatic carbocycles. The first kappa shape index (κ1) is 25.5. The Kier molecular flexibility index (Phi) is 7.91. The molecule has 1 atom stereocenters. The van der Waals surface area contributed by atoms with E-state index < -0.39 is 11.9 Å². The number of aromatic nitrogens is 3. The molecule has 0 saturated carbocycles. The van der Waals surface area contributed by atoms with Crippen LogP contribution in [0.5, 0.6) is 5.75 Å². The van der Waals surface area contributed by atoms with Gasteiger partial charge in [-0.2, -0.15) is 20.7 Å². The second kappa shape index (κ2) is 11.5. The molecular weight excluding hydrogens is 477 g/mol. The molecule has 0 spiro atoms. The van der Waals surface area contributed by atoms with Crippen LogP contribution in [0.2, 0.25) is 0 Å². The van der Waals surface area contributed by atoms with Crippen LogP contribution in [0.1, 0.15) is 42.7 Å². The monoisotopic (exact) mass is 504 g/mol. The van der Waals surface area contributed by atoms with Crippen LogP contribution in [0.4, 0.5) is 4.39 Å². The molecule has 190 valence electrons. The van der Waals surface area contributed by atoms with Crippen LogP contribution in [0.25, 0.3) is 5.52 Å². The van der Waals surface area contributed by atoms with E-state index in [0.717, 1.165) is 19.0 Å². The molecule has 1 aliphatic heterocycles. The van der Waals surface area contributed by atoms with E-state index >= 15 is 0 Å². The normalized spacial score (nSPS) is 15.9. The van der Waals surface area contributed by atoms with E-state index in [1.165, 1.54) is 19.2 Å². The summed E-state index contributed by atoms with van der Waals surface area (Å²) < 4.78 is 26.7. The summed E-state index contributed by atoms with van der Waals surface area (Å²) in [6.45, 7) is 3.29. The van der Waals surface area contributed by atoms with Crippen molar-refractivity contribution in [1.29, 1.82) is 10.5 Å². The van der Waals surface area contributed by atoms with Crippen molar-refractivity contribution in [1.82, 2.24) is 15.0 Å². The maximum atomic E-state index is 13.5. The lowest BCUT2D eigenvalue weighted by Crippen LogP contribution is -2.33. The van der Waals surface area contributed by atoms with Crippen molar-refractivity contribution in [3.05, 3.63) is 59.4 Å². The summed E-state index contributed by atoms with van der Waals surface area (Å²) in [5.41, 5.74) is 3.05. The number of nitrogens with two attached hydrogens (primary N) is 1. The number of piperidine rings is 1. The molecule has 12 heteroatoms. The lowest BCUT2D eigenvalue weighted by molar-refractivity contribution is -0.577. The Hall–Kier alpha value is -4.55. The summed E-state index contributed by atoms with van der Waals surface area (Å²) in [7, 11) is 1.53. The van der Waals surface area contributed by atoms with Crippen molar-refractivity contribution >= 4 is 16.9 Å². The molecule has 3 aromatic heterocycles. The smallest absolute Gasteiger partial charge is 0.296 e. The first-order chi connectivity index (χ1) is 18.0. The fourth-order valence-electron chi connectivity index (χ4n) is 4.31.